The van der Waals surface area contributed by atoms with Gasteiger partial charge in [0, 0.05) is 16.9 Å². The maximum Gasteiger partial charge on any atom is 0.237 e. The van der Waals surface area contributed by atoms with Crippen molar-refractivity contribution in [2.75, 3.05) is 11.1 Å². The van der Waals surface area contributed by atoms with E-state index in [4.69, 9.17) is 5.73 Å². The number of benzene rings is 2. The topological polar surface area (TPSA) is 85.1 Å². The number of hydrogen-bond donors (Lipinski definition) is 2. The van der Waals surface area contributed by atoms with Crippen LogP contribution in [-0.4, -0.2) is 21.9 Å². The zero-order valence-corrected chi connectivity index (χ0v) is 16.1. The highest BCUT2D eigenvalue weighted by Crippen LogP contribution is 2.34. The van der Waals surface area contributed by atoms with Gasteiger partial charge in [0.25, 0.3) is 0 Å². The molecule has 2 aromatic carbocycles. The third-order valence-electron chi connectivity index (χ3n) is 3.86. The van der Waals surface area contributed by atoms with E-state index in [1.807, 2.05) is 25.1 Å². The maximum absolute atomic E-state index is 12.6. The van der Waals surface area contributed by atoms with Crippen LogP contribution in [0.3, 0.4) is 0 Å². The zero-order valence-electron chi connectivity index (χ0n) is 14.5. The Hall–Kier alpha value is -2.38. The second-order valence-electron chi connectivity index (χ2n) is 5.84. The number of thiazole rings is 1. The Bertz CT molecular complexity index is 951. The lowest BCUT2D eigenvalue weighted by Gasteiger charge is -2.13. The zero-order chi connectivity index (χ0) is 18.7. The molecule has 1 amide bonds. The van der Waals surface area contributed by atoms with Crippen LogP contribution in [0, 0.1) is 0 Å². The van der Waals surface area contributed by atoms with Crippen LogP contribution in [-0.2, 0) is 4.79 Å². The van der Waals surface area contributed by atoms with Gasteiger partial charge in [0.2, 0.25) is 5.91 Å². The van der Waals surface area contributed by atoms with Gasteiger partial charge in [-0.25, -0.2) is 4.98 Å². The van der Waals surface area contributed by atoms with Crippen molar-refractivity contribution in [3.63, 3.8) is 0 Å². The Morgan fingerprint density at radius 3 is 2.62 bits per heavy atom. The van der Waals surface area contributed by atoms with E-state index in [9.17, 15) is 9.59 Å². The third-order valence-corrected chi connectivity index (χ3v) is 6.33. The Labute approximate surface area is 160 Å². The Morgan fingerprint density at radius 1 is 1.23 bits per heavy atom. The summed E-state index contributed by atoms with van der Waals surface area (Å²) >= 11 is 2.99. The van der Waals surface area contributed by atoms with Crippen molar-refractivity contribution in [2.45, 2.75) is 29.9 Å². The molecule has 0 saturated heterocycles. The predicted octanol–water partition coefficient (Wildman–Crippen LogP) is 4.59. The SMILES string of the molecule is CC[C@H](Sc1nc2ccc(N)cc2s1)C(=O)Nc1ccc(C(C)=O)cc1. The standard InChI is InChI=1S/C19H19N3O2S2/c1-3-16(18(24)21-14-7-4-12(5-8-14)11(2)23)25-19-22-15-9-6-13(20)10-17(15)26-19/h4-10,16H,3,20H2,1-2H3,(H,21,24)/t16-/m0/s1. The van der Waals surface area contributed by atoms with Crippen LogP contribution >= 0.6 is 23.1 Å². The van der Waals surface area contributed by atoms with Crippen LogP contribution in [0.5, 0.6) is 0 Å². The quantitative estimate of drug-likeness (QED) is 0.368. The molecule has 7 heteroatoms. The molecule has 0 aliphatic rings. The first-order valence-electron chi connectivity index (χ1n) is 8.21. The summed E-state index contributed by atoms with van der Waals surface area (Å²) in [6, 6.07) is 12.5. The molecular weight excluding hydrogens is 366 g/mol. The van der Waals surface area contributed by atoms with Gasteiger partial charge in [-0.2, -0.15) is 0 Å². The van der Waals surface area contributed by atoms with Crippen molar-refractivity contribution >= 4 is 56.4 Å². The van der Waals surface area contributed by atoms with E-state index in [1.165, 1.54) is 30.0 Å². The number of Topliss-reactive ketones (excluding diaryl/α,β-unsaturated/α-hetero) is 1. The highest BCUT2D eigenvalue weighted by molar-refractivity contribution is 8.02. The van der Waals surface area contributed by atoms with Crippen molar-refractivity contribution in [1.82, 2.24) is 4.98 Å². The molecule has 134 valence electrons. The summed E-state index contributed by atoms with van der Waals surface area (Å²) in [4.78, 5) is 28.5. The van der Waals surface area contributed by atoms with Crippen LogP contribution in [0.4, 0.5) is 11.4 Å². The van der Waals surface area contributed by atoms with Crippen molar-refractivity contribution < 1.29 is 9.59 Å². The number of fused-ring (bicyclic) bond motifs is 1. The number of nitrogens with one attached hydrogen (secondary N) is 1. The first kappa shape index (κ1) is 18.4. The van der Waals surface area contributed by atoms with E-state index in [-0.39, 0.29) is 16.9 Å². The summed E-state index contributed by atoms with van der Waals surface area (Å²) in [6.45, 7) is 3.49. The predicted molar refractivity (Wildman–Crippen MR) is 109 cm³/mol. The number of nitrogen functional groups attached to an aromatic ring is 1. The number of rotatable bonds is 6. The first-order valence-corrected chi connectivity index (χ1v) is 9.90. The van der Waals surface area contributed by atoms with Crippen molar-refractivity contribution in [3.8, 4) is 0 Å². The number of ketones is 1. The number of nitrogens with two attached hydrogens (primary N) is 1. The van der Waals surface area contributed by atoms with E-state index < -0.39 is 0 Å². The molecule has 1 aromatic heterocycles. The fraction of sp³-hybridized carbons (Fsp3) is 0.211. The largest absolute Gasteiger partial charge is 0.399 e. The summed E-state index contributed by atoms with van der Waals surface area (Å²) in [5, 5.41) is 2.66. The second kappa shape index (κ2) is 7.88. The molecule has 0 saturated carbocycles. The van der Waals surface area contributed by atoms with E-state index in [0.717, 1.165) is 14.6 Å². The molecule has 0 bridgehead atoms. The summed E-state index contributed by atoms with van der Waals surface area (Å²) in [6.07, 6.45) is 0.681. The van der Waals surface area contributed by atoms with Crippen molar-refractivity contribution in [3.05, 3.63) is 48.0 Å². The lowest BCUT2D eigenvalue weighted by Crippen LogP contribution is -2.24. The van der Waals surface area contributed by atoms with Crippen LogP contribution in [0.1, 0.15) is 30.6 Å². The molecule has 3 N–H and O–H groups in total. The minimum Gasteiger partial charge on any atom is -0.399 e. The van der Waals surface area contributed by atoms with Crippen molar-refractivity contribution in [1.29, 1.82) is 0 Å². The lowest BCUT2D eigenvalue weighted by atomic mass is 10.1. The number of nitrogens with zero attached hydrogens (tertiary/aromatic N) is 1. The minimum absolute atomic E-state index is 0.00124. The molecule has 1 heterocycles. The normalized spacial score (nSPS) is 12.1. The highest BCUT2D eigenvalue weighted by Gasteiger charge is 2.20. The second-order valence-corrected chi connectivity index (χ2v) is 8.32. The van der Waals surface area contributed by atoms with Gasteiger partial charge >= 0.3 is 0 Å². The molecule has 0 unspecified atom stereocenters. The molecule has 0 spiro atoms. The number of aromatic nitrogens is 1. The molecule has 1 atom stereocenters. The van der Waals surface area contributed by atoms with Gasteiger partial charge in [0.15, 0.2) is 10.1 Å². The average molecular weight is 386 g/mol. The number of anilines is 2. The van der Waals surface area contributed by atoms with Gasteiger partial charge in [0.05, 0.1) is 15.5 Å². The fourth-order valence-electron chi connectivity index (χ4n) is 2.43. The summed E-state index contributed by atoms with van der Waals surface area (Å²) in [7, 11) is 0. The van der Waals surface area contributed by atoms with Gasteiger partial charge in [-0.05, 0) is 55.8 Å². The van der Waals surface area contributed by atoms with E-state index in [1.54, 1.807) is 24.3 Å². The van der Waals surface area contributed by atoms with Crippen LogP contribution < -0.4 is 11.1 Å². The monoisotopic (exact) mass is 385 g/mol. The van der Waals surface area contributed by atoms with E-state index >= 15 is 0 Å². The average Bonchev–Trinajstić information content (AvgIpc) is 3.01. The molecule has 26 heavy (non-hydrogen) atoms. The molecule has 0 aliphatic carbocycles. The number of carbonyl (C=O) groups excluding carboxylic acids is 2. The smallest absolute Gasteiger partial charge is 0.237 e. The number of amides is 1. The maximum atomic E-state index is 12.6. The molecule has 3 rings (SSSR count). The van der Waals surface area contributed by atoms with Gasteiger partial charge in [-0.3, -0.25) is 9.59 Å². The molecule has 5 nitrogen and oxygen atoms in total. The number of hydrogen-bond acceptors (Lipinski definition) is 6. The first-order chi connectivity index (χ1) is 12.5. The Kier molecular flexibility index (Phi) is 5.58. The number of carbonyl (C=O) groups is 2. The highest BCUT2D eigenvalue weighted by atomic mass is 32.2. The minimum atomic E-state index is -0.250. The third kappa shape index (κ3) is 4.23. The Morgan fingerprint density at radius 2 is 1.96 bits per heavy atom. The molecular formula is C19H19N3O2S2. The Balaban J connectivity index is 1.70. The van der Waals surface area contributed by atoms with Gasteiger partial charge in [0.1, 0.15) is 0 Å². The van der Waals surface area contributed by atoms with Crippen molar-refractivity contribution in [2.24, 2.45) is 0 Å². The lowest BCUT2D eigenvalue weighted by molar-refractivity contribution is -0.115. The molecule has 0 radical (unpaired) electrons. The van der Waals surface area contributed by atoms with Crippen LogP contribution in [0.25, 0.3) is 10.2 Å². The molecule has 3 aromatic rings. The fourth-order valence-corrected chi connectivity index (χ4v) is 4.71. The summed E-state index contributed by atoms with van der Waals surface area (Å²) in [5.74, 6) is -0.0758. The summed E-state index contributed by atoms with van der Waals surface area (Å²) < 4.78 is 1.86. The van der Waals surface area contributed by atoms with E-state index in [0.29, 0.717) is 23.4 Å². The van der Waals surface area contributed by atoms with E-state index in [2.05, 4.69) is 10.3 Å². The molecule has 0 aliphatic heterocycles. The summed E-state index contributed by atoms with van der Waals surface area (Å²) in [5.41, 5.74) is 8.71. The van der Waals surface area contributed by atoms with Gasteiger partial charge in [-0.15, -0.1) is 11.3 Å². The van der Waals surface area contributed by atoms with Crippen LogP contribution in [0.15, 0.2) is 46.8 Å². The number of thioether (sulfide) groups is 1. The van der Waals surface area contributed by atoms with Gasteiger partial charge in [-0.1, -0.05) is 18.7 Å². The molecule has 0 fully saturated rings. The van der Waals surface area contributed by atoms with Crippen LogP contribution in [0.2, 0.25) is 0 Å². The van der Waals surface area contributed by atoms with Gasteiger partial charge < -0.3 is 11.1 Å².